The molecule has 0 aromatic heterocycles. The van der Waals surface area contributed by atoms with Gasteiger partial charge in [-0.2, -0.15) is 0 Å². The van der Waals surface area contributed by atoms with E-state index in [2.05, 4.69) is 10.6 Å². The molecule has 2 amide bonds. The first-order chi connectivity index (χ1) is 9.62. The van der Waals surface area contributed by atoms with Gasteiger partial charge in [-0.3, -0.25) is 5.32 Å². The summed E-state index contributed by atoms with van der Waals surface area (Å²) in [5, 5.41) is 5.14. The van der Waals surface area contributed by atoms with Gasteiger partial charge in [-0.05, 0) is 19.1 Å². The Bertz CT molecular complexity index is 544. The second-order valence-corrected chi connectivity index (χ2v) is 4.05. The highest BCUT2D eigenvalue weighted by Gasteiger charge is 2.36. The fourth-order valence-electron chi connectivity index (χ4n) is 2.04. The molecule has 0 unspecified atom stereocenters. The van der Waals surface area contributed by atoms with Gasteiger partial charge in [0.2, 0.25) is 6.23 Å². The normalized spacial score (nSPS) is 16.1. The van der Waals surface area contributed by atoms with E-state index >= 15 is 0 Å². The average Bonchev–Trinajstić information content (AvgIpc) is 2.74. The van der Waals surface area contributed by atoms with Crippen LogP contribution in [0.5, 0.6) is 11.5 Å². The van der Waals surface area contributed by atoms with Crippen LogP contribution in [0.15, 0.2) is 12.1 Å². The fraction of sp³-hybridized carbons (Fsp3) is 0.385. The minimum atomic E-state index is -0.830. The van der Waals surface area contributed by atoms with Crippen LogP contribution in [-0.2, 0) is 4.74 Å². The van der Waals surface area contributed by atoms with Crippen LogP contribution in [-0.4, -0.2) is 32.8 Å². The highest BCUT2D eigenvalue weighted by atomic mass is 16.6. The van der Waals surface area contributed by atoms with Gasteiger partial charge in [0.25, 0.3) is 0 Å². The summed E-state index contributed by atoms with van der Waals surface area (Å²) in [6.45, 7) is 2.27. The Labute approximate surface area is 116 Å². The average molecular weight is 280 g/mol. The molecular weight excluding hydrogens is 264 g/mol. The molecule has 1 aromatic carbocycles. The number of esters is 1. The lowest BCUT2D eigenvalue weighted by Crippen LogP contribution is -2.37. The zero-order valence-electron chi connectivity index (χ0n) is 11.5. The smallest absolute Gasteiger partial charge is 0.344 e. The van der Waals surface area contributed by atoms with E-state index in [1.54, 1.807) is 19.1 Å². The van der Waals surface area contributed by atoms with E-state index in [9.17, 15) is 9.59 Å². The maximum Gasteiger partial charge on any atom is 0.344 e. The summed E-state index contributed by atoms with van der Waals surface area (Å²) in [5.74, 6) is 0.176. The molecule has 1 atom stereocenters. The third-order valence-electron chi connectivity index (χ3n) is 2.89. The first-order valence-electron chi connectivity index (χ1n) is 6.12. The molecule has 20 heavy (non-hydrogen) atoms. The van der Waals surface area contributed by atoms with E-state index in [-0.39, 0.29) is 5.56 Å². The number of cyclic esters (lactones) is 1. The summed E-state index contributed by atoms with van der Waals surface area (Å²) in [6, 6.07) is 2.91. The van der Waals surface area contributed by atoms with Crippen LogP contribution >= 0.6 is 0 Å². The topological polar surface area (TPSA) is 85.9 Å². The van der Waals surface area contributed by atoms with E-state index in [4.69, 9.17) is 14.2 Å². The minimum absolute atomic E-state index is 0.272. The Morgan fingerprint density at radius 2 is 2.10 bits per heavy atom. The predicted molar refractivity (Wildman–Crippen MR) is 69.9 cm³/mol. The molecule has 7 heteroatoms. The third-order valence-corrected chi connectivity index (χ3v) is 2.89. The Hall–Kier alpha value is -2.44. The number of carbonyl (C=O) groups is 2. The van der Waals surface area contributed by atoms with Crippen LogP contribution in [0.3, 0.4) is 0 Å². The highest BCUT2D eigenvalue weighted by molar-refractivity contribution is 5.98. The number of ether oxygens (including phenoxy) is 3. The van der Waals surface area contributed by atoms with E-state index in [0.717, 1.165) is 0 Å². The summed E-state index contributed by atoms with van der Waals surface area (Å²) >= 11 is 0. The molecule has 108 valence electrons. The van der Waals surface area contributed by atoms with Crippen LogP contribution in [0.1, 0.15) is 29.1 Å². The number of fused-ring (bicyclic) bond motifs is 1. The van der Waals surface area contributed by atoms with Crippen LogP contribution in [0.2, 0.25) is 0 Å². The molecule has 0 spiro atoms. The predicted octanol–water partition coefficient (Wildman–Crippen LogP) is 1.19. The summed E-state index contributed by atoms with van der Waals surface area (Å²) < 4.78 is 15.5. The van der Waals surface area contributed by atoms with Gasteiger partial charge in [0, 0.05) is 12.1 Å². The molecule has 2 N–H and O–H groups in total. The number of methoxy groups -OCH3 is 2. The number of rotatable bonds is 4. The first kappa shape index (κ1) is 14.0. The highest BCUT2D eigenvalue weighted by Crippen LogP contribution is 2.40. The van der Waals surface area contributed by atoms with Crippen molar-refractivity contribution in [1.29, 1.82) is 0 Å². The Kier molecular flexibility index (Phi) is 3.97. The maximum atomic E-state index is 11.9. The van der Waals surface area contributed by atoms with E-state index < -0.39 is 18.2 Å². The van der Waals surface area contributed by atoms with Crippen molar-refractivity contribution in [2.45, 2.75) is 13.2 Å². The Morgan fingerprint density at radius 3 is 2.70 bits per heavy atom. The van der Waals surface area contributed by atoms with Crippen molar-refractivity contribution < 1.29 is 23.8 Å². The monoisotopic (exact) mass is 280 g/mol. The molecule has 1 aromatic rings. The van der Waals surface area contributed by atoms with Crippen LogP contribution in [0, 0.1) is 0 Å². The van der Waals surface area contributed by atoms with Gasteiger partial charge in [0.15, 0.2) is 11.5 Å². The second kappa shape index (κ2) is 5.68. The van der Waals surface area contributed by atoms with Gasteiger partial charge in [-0.1, -0.05) is 0 Å². The molecule has 2 rings (SSSR count). The van der Waals surface area contributed by atoms with E-state index in [0.29, 0.717) is 23.6 Å². The number of nitrogens with one attached hydrogen (secondary N) is 2. The second-order valence-electron chi connectivity index (χ2n) is 4.05. The number of hydrogen-bond acceptors (Lipinski definition) is 5. The van der Waals surface area contributed by atoms with Crippen LogP contribution in [0.25, 0.3) is 0 Å². The minimum Gasteiger partial charge on any atom is -0.493 e. The van der Waals surface area contributed by atoms with Crippen LogP contribution in [0.4, 0.5) is 4.79 Å². The lowest BCUT2D eigenvalue weighted by atomic mass is 10.1. The quantitative estimate of drug-likeness (QED) is 0.809. The van der Waals surface area contributed by atoms with Crippen molar-refractivity contribution in [3.8, 4) is 11.5 Å². The standard InChI is InChI=1S/C13H16N2O5/c1-4-14-13(17)15-11-7-5-6-8(18-2)10(19-3)9(7)12(16)20-11/h5-6,11H,4H2,1-3H3,(H2,14,15,17)/t11-/m1/s1. The number of benzene rings is 1. The molecule has 0 saturated heterocycles. The van der Waals surface area contributed by atoms with E-state index in [1.165, 1.54) is 14.2 Å². The number of amides is 2. The van der Waals surface area contributed by atoms with Crippen molar-refractivity contribution in [2.75, 3.05) is 20.8 Å². The lowest BCUT2D eigenvalue weighted by molar-refractivity contribution is 0.0336. The van der Waals surface area contributed by atoms with Crippen molar-refractivity contribution in [3.63, 3.8) is 0 Å². The first-order valence-corrected chi connectivity index (χ1v) is 6.12. The summed E-state index contributed by atoms with van der Waals surface area (Å²) in [6.07, 6.45) is -0.830. The molecule has 0 aliphatic carbocycles. The molecule has 0 bridgehead atoms. The van der Waals surface area contributed by atoms with Gasteiger partial charge >= 0.3 is 12.0 Å². The molecule has 0 fully saturated rings. The van der Waals surface area contributed by atoms with Crippen molar-refractivity contribution in [3.05, 3.63) is 23.3 Å². The summed E-state index contributed by atoms with van der Waals surface area (Å²) in [4.78, 5) is 23.5. The zero-order chi connectivity index (χ0) is 14.7. The Balaban J connectivity index is 2.34. The SMILES string of the molecule is CCNC(=O)N[C@@H]1OC(=O)c2c1ccc(OC)c2OC. The van der Waals surface area contributed by atoms with Crippen molar-refractivity contribution >= 4 is 12.0 Å². The molecular formula is C13H16N2O5. The van der Waals surface area contributed by atoms with Gasteiger partial charge in [-0.25, -0.2) is 9.59 Å². The fourth-order valence-corrected chi connectivity index (χ4v) is 2.04. The largest absolute Gasteiger partial charge is 0.493 e. The number of urea groups is 1. The summed E-state index contributed by atoms with van der Waals surface area (Å²) in [7, 11) is 2.92. The maximum absolute atomic E-state index is 11.9. The van der Waals surface area contributed by atoms with Crippen molar-refractivity contribution in [2.24, 2.45) is 0 Å². The Morgan fingerprint density at radius 1 is 1.35 bits per heavy atom. The van der Waals surface area contributed by atoms with Gasteiger partial charge in [0.05, 0.1) is 14.2 Å². The van der Waals surface area contributed by atoms with Gasteiger partial charge in [0.1, 0.15) is 5.56 Å². The summed E-state index contributed by atoms with van der Waals surface area (Å²) in [5.41, 5.74) is 0.813. The molecule has 1 aliphatic heterocycles. The third kappa shape index (κ3) is 2.34. The number of carbonyl (C=O) groups excluding carboxylic acids is 2. The zero-order valence-corrected chi connectivity index (χ0v) is 11.5. The molecule has 7 nitrogen and oxygen atoms in total. The van der Waals surface area contributed by atoms with Gasteiger partial charge in [-0.15, -0.1) is 0 Å². The van der Waals surface area contributed by atoms with Crippen molar-refractivity contribution in [1.82, 2.24) is 10.6 Å². The molecule has 0 radical (unpaired) electrons. The van der Waals surface area contributed by atoms with E-state index in [1.807, 2.05) is 0 Å². The number of hydrogen-bond donors (Lipinski definition) is 2. The molecule has 1 heterocycles. The molecule has 0 saturated carbocycles. The van der Waals surface area contributed by atoms with Crippen LogP contribution < -0.4 is 20.1 Å². The lowest BCUT2D eigenvalue weighted by Gasteiger charge is -2.14. The molecule has 1 aliphatic rings. The van der Waals surface area contributed by atoms with Gasteiger partial charge < -0.3 is 19.5 Å².